The van der Waals surface area contributed by atoms with E-state index in [0.29, 0.717) is 11.4 Å². The maximum absolute atomic E-state index is 13.2. The summed E-state index contributed by atoms with van der Waals surface area (Å²) >= 11 is 0. The molecule has 114 valence electrons. The average molecular weight is 307 g/mol. The van der Waals surface area contributed by atoms with Crippen molar-refractivity contribution in [2.24, 2.45) is 7.05 Å². The van der Waals surface area contributed by atoms with E-state index in [4.69, 9.17) is 0 Å². The predicted molar refractivity (Wildman–Crippen MR) is 84.0 cm³/mol. The summed E-state index contributed by atoms with van der Waals surface area (Å²) in [6, 6.07) is 13.2. The molecule has 0 unspecified atom stereocenters. The Hall–Kier alpha value is -3.20. The highest BCUT2D eigenvalue weighted by Gasteiger charge is 2.18. The van der Waals surface area contributed by atoms with Crippen LogP contribution < -0.4 is 5.32 Å². The number of nitrogens with zero attached hydrogens (tertiary/aromatic N) is 4. The zero-order chi connectivity index (χ0) is 16.2. The number of aromatic nitrogens is 3. The van der Waals surface area contributed by atoms with Crippen molar-refractivity contribution in [1.29, 1.82) is 5.26 Å². The number of aryl methyl sites for hydroxylation is 1. The van der Waals surface area contributed by atoms with Gasteiger partial charge in [0.15, 0.2) is 0 Å². The highest BCUT2D eigenvalue weighted by atomic mass is 19.1. The van der Waals surface area contributed by atoms with Gasteiger partial charge in [0.25, 0.3) is 0 Å². The monoisotopic (exact) mass is 307 g/mol. The number of rotatable bonds is 4. The van der Waals surface area contributed by atoms with Gasteiger partial charge in [0.2, 0.25) is 0 Å². The van der Waals surface area contributed by atoms with Crippen molar-refractivity contribution in [1.82, 2.24) is 14.8 Å². The molecule has 3 rings (SSSR count). The van der Waals surface area contributed by atoms with E-state index in [1.165, 1.54) is 12.1 Å². The molecule has 1 atom stereocenters. The largest absolute Gasteiger partial charge is 0.356 e. The van der Waals surface area contributed by atoms with Gasteiger partial charge < -0.3 is 5.32 Å². The molecular formula is C17H14FN5. The minimum Gasteiger partial charge on any atom is -0.356 e. The van der Waals surface area contributed by atoms with Crippen LogP contribution >= 0.6 is 0 Å². The lowest BCUT2D eigenvalue weighted by atomic mass is 10.0. The lowest BCUT2D eigenvalue weighted by Crippen LogP contribution is -2.15. The molecule has 0 fully saturated rings. The fourth-order valence-electron chi connectivity index (χ4n) is 2.32. The van der Waals surface area contributed by atoms with Gasteiger partial charge in [-0.3, -0.25) is 4.68 Å². The quantitative estimate of drug-likeness (QED) is 0.804. The second-order valence-electron chi connectivity index (χ2n) is 5.05. The fourth-order valence-corrected chi connectivity index (χ4v) is 2.32. The Bertz CT molecular complexity index is 848. The summed E-state index contributed by atoms with van der Waals surface area (Å²) in [5.74, 6) is 0.166. The molecule has 2 aromatic heterocycles. The third-order valence-corrected chi connectivity index (χ3v) is 3.44. The number of hydrogen-bond acceptors (Lipinski definition) is 4. The zero-order valence-electron chi connectivity index (χ0n) is 12.4. The van der Waals surface area contributed by atoms with Crippen molar-refractivity contribution in [3.8, 4) is 6.07 Å². The van der Waals surface area contributed by atoms with Crippen LogP contribution in [0.2, 0.25) is 0 Å². The van der Waals surface area contributed by atoms with Crippen molar-refractivity contribution in [2.45, 2.75) is 6.04 Å². The lowest BCUT2D eigenvalue weighted by molar-refractivity contribution is 0.626. The first-order valence-electron chi connectivity index (χ1n) is 7.04. The van der Waals surface area contributed by atoms with Crippen LogP contribution in [-0.2, 0) is 7.05 Å². The summed E-state index contributed by atoms with van der Waals surface area (Å²) in [5.41, 5.74) is 2.03. The molecule has 1 aromatic carbocycles. The van der Waals surface area contributed by atoms with Crippen molar-refractivity contribution >= 4 is 5.82 Å². The lowest BCUT2D eigenvalue weighted by Gasteiger charge is -2.18. The molecule has 0 aliphatic carbocycles. The molecule has 0 saturated heterocycles. The van der Waals surface area contributed by atoms with Gasteiger partial charge in [-0.1, -0.05) is 12.1 Å². The fraction of sp³-hybridized carbons (Fsp3) is 0.118. The smallest absolute Gasteiger partial charge is 0.144 e. The van der Waals surface area contributed by atoms with E-state index in [-0.39, 0.29) is 11.9 Å². The van der Waals surface area contributed by atoms with Crippen molar-refractivity contribution in [3.63, 3.8) is 0 Å². The first-order valence-corrected chi connectivity index (χ1v) is 7.04. The summed E-state index contributed by atoms with van der Waals surface area (Å²) in [4.78, 5) is 4.22. The third-order valence-electron chi connectivity index (χ3n) is 3.44. The van der Waals surface area contributed by atoms with Crippen LogP contribution in [0.25, 0.3) is 0 Å². The number of anilines is 1. The first-order chi connectivity index (χ1) is 11.2. The minimum absolute atomic E-state index is 0.302. The molecule has 3 aromatic rings. The summed E-state index contributed by atoms with van der Waals surface area (Å²) in [6.45, 7) is 0. The Morgan fingerprint density at radius 3 is 2.65 bits per heavy atom. The predicted octanol–water partition coefficient (Wildman–Crippen LogP) is 3.03. The normalized spacial score (nSPS) is 11.7. The number of hydrogen-bond donors (Lipinski definition) is 1. The molecule has 5 nitrogen and oxygen atoms in total. The van der Waals surface area contributed by atoms with Gasteiger partial charge in [-0.05, 0) is 35.9 Å². The topological polar surface area (TPSA) is 66.5 Å². The Balaban J connectivity index is 2.02. The van der Waals surface area contributed by atoms with Crippen molar-refractivity contribution < 1.29 is 4.39 Å². The molecule has 6 heteroatoms. The third kappa shape index (κ3) is 3.19. The molecule has 1 N–H and O–H groups in total. The van der Waals surface area contributed by atoms with Gasteiger partial charge in [-0.2, -0.15) is 10.4 Å². The highest BCUT2D eigenvalue weighted by molar-refractivity contribution is 5.54. The summed E-state index contributed by atoms with van der Waals surface area (Å²) in [5, 5.41) is 16.9. The number of halogens is 1. The molecule has 0 saturated carbocycles. The van der Waals surface area contributed by atoms with E-state index >= 15 is 0 Å². The van der Waals surface area contributed by atoms with Crippen molar-refractivity contribution in [2.75, 3.05) is 5.32 Å². The van der Waals surface area contributed by atoms with E-state index < -0.39 is 0 Å². The average Bonchev–Trinajstić information content (AvgIpc) is 3.00. The Labute approximate surface area is 133 Å². The molecule has 0 spiro atoms. The molecule has 0 amide bonds. The molecule has 2 heterocycles. The number of nitrogens with one attached hydrogen (secondary N) is 1. The molecule has 0 aliphatic rings. The minimum atomic E-state index is -0.334. The molecule has 0 bridgehead atoms. The van der Waals surface area contributed by atoms with Gasteiger partial charge >= 0.3 is 0 Å². The van der Waals surface area contributed by atoms with Gasteiger partial charge in [-0.15, -0.1) is 0 Å². The molecular weight excluding hydrogens is 293 g/mol. The van der Waals surface area contributed by atoms with E-state index in [2.05, 4.69) is 21.5 Å². The van der Waals surface area contributed by atoms with Crippen LogP contribution in [0.5, 0.6) is 0 Å². The second-order valence-corrected chi connectivity index (χ2v) is 5.05. The van der Waals surface area contributed by atoms with E-state index in [0.717, 1.165) is 11.3 Å². The van der Waals surface area contributed by atoms with Crippen LogP contribution in [0.15, 0.2) is 54.9 Å². The number of pyridine rings is 1. The number of nitriles is 1. The van der Waals surface area contributed by atoms with Crippen LogP contribution in [0.3, 0.4) is 0 Å². The first kappa shape index (κ1) is 14.7. The number of benzene rings is 1. The van der Waals surface area contributed by atoms with Gasteiger partial charge in [-0.25, -0.2) is 9.37 Å². The van der Waals surface area contributed by atoms with Crippen LogP contribution in [0.1, 0.15) is 22.9 Å². The Kier molecular flexibility index (Phi) is 4.02. The standard InChI is InChI=1S/C17H14FN5/c1-23-10-8-15(22-23)16(12-4-6-14(18)7-5-12)21-17-13(11-19)3-2-9-20-17/h2-10,16H,1H3,(H,20,21)/t16-/m1/s1. The maximum Gasteiger partial charge on any atom is 0.144 e. The SMILES string of the molecule is Cn1ccc([C@H](Nc2ncccc2C#N)c2ccc(F)cc2)n1. The summed E-state index contributed by atoms with van der Waals surface area (Å²) in [7, 11) is 1.83. The van der Waals surface area contributed by atoms with Gasteiger partial charge in [0.05, 0.1) is 17.3 Å². The second kappa shape index (κ2) is 6.28. The van der Waals surface area contributed by atoms with E-state index in [1.54, 1.807) is 35.1 Å². The highest BCUT2D eigenvalue weighted by Crippen LogP contribution is 2.26. The molecule has 0 aliphatic heterocycles. The van der Waals surface area contributed by atoms with Gasteiger partial charge in [0.1, 0.15) is 17.7 Å². The summed E-state index contributed by atoms with van der Waals surface area (Å²) in [6.07, 6.45) is 3.44. The zero-order valence-corrected chi connectivity index (χ0v) is 12.4. The van der Waals surface area contributed by atoms with Crippen LogP contribution in [-0.4, -0.2) is 14.8 Å². The van der Waals surface area contributed by atoms with E-state index in [1.807, 2.05) is 19.3 Å². The van der Waals surface area contributed by atoms with Crippen molar-refractivity contribution in [3.05, 3.63) is 77.5 Å². The Morgan fingerprint density at radius 2 is 2.00 bits per heavy atom. The van der Waals surface area contributed by atoms with Gasteiger partial charge in [0, 0.05) is 19.4 Å². The Morgan fingerprint density at radius 1 is 1.22 bits per heavy atom. The van der Waals surface area contributed by atoms with Crippen LogP contribution in [0.4, 0.5) is 10.2 Å². The molecule has 23 heavy (non-hydrogen) atoms. The maximum atomic E-state index is 13.2. The van der Waals surface area contributed by atoms with E-state index in [9.17, 15) is 9.65 Å². The molecule has 0 radical (unpaired) electrons. The van der Waals surface area contributed by atoms with Crippen LogP contribution in [0, 0.1) is 17.1 Å². The summed E-state index contributed by atoms with van der Waals surface area (Å²) < 4.78 is 14.9.